The average molecular weight is 501 g/mol. The molecule has 0 bridgehead atoms. The number of H-pyrrole nitrogens is 1. The summed E-state index contributed by atoms with van der Waals surface area (Å²) < 4.78 is 38.8. The van der Waals surface area contributed by atoms with Crippen LogP contribution in [-0.2, 0) is 10.2 Å². The quantitative estimate of drug-likeness (QED) is 0.322. The van der Waals surface area contributed by atoms with Gasteiger partial charge in [0.2, 0.25) is 0 Å². The van der Waals surface area contributed by atoms with Crippen LogP contribution < -0.4 is 5.43 Å². The fourth-order valence-corrected chi connectivity index (χ4v) is 6.00. The molecule has 0 saturated heterocycles. The Morgan fingerprint density at radius 1 is 1.11 bits per heavy atom. The molecule has 1 aliphatic carbocycles. The summed E-state index contributed by atoms with van der Waals surface area (Å²) in [5, 5.41) is 11.3. The molecule has 0 aliphatic heterocycles. The highest BCUT2D eigenvalue weighted by atomic mass is 32.3. The molecule has 3 heterocycles. The third-order valence-corrected chi connectivity index (χ3v) is 8.00. The molecule has 0 radical (unpaired) electrons. The van der Waals surface area contributed by atoms with Gasteiger partial charge in [-0.2, -0.15) is 13.7 Å². The summed E-state index contributed by atoms with van der Waals surface area (Å²) in [6.07, 6.45) is 6.56. The molecule has 7 nitrogen and oxygen atoms in total. The molecule has 1 saturated carbocycles. The molecule has 6 rings (SSSR count). The van der Waals surface area contributed by atoms with Gasteiger partial charge in [0, 0.05) is 40.3 Å². The van der Waals surface area contributed by atoms with Gasteiger partial charge in [-0.1, -0.05) is 18.9 Å². The highest BCUT2D eigenvalue weighted by Gasteiger charge is 2.25. The zero-order chi connectivity index (χ0) is 25.2. The van der Waals surface area contributed by atoms with Crippen LogP contribution in [-0.4, -0.2) is 23.0 Å². The van der Waals surface area contributed by atoms with Crippen LogP contribution in [0.1, 0.15) is 42.9 Å². The summed E-state index contributed by atoms with van der Waals surface area (Å²) in [6, 6.07) is 12.6. The minimum Gasteiger partial charge on any atom is -0.340 e. The van der Waals surface area contributed by atoms with Crippen molar-refractivity contribution in [3.05, 3.63) is 70.1 Å². The van der Waals surface area contributed by atoms with Crippen molar-refractivity contribution in [2.24, 2.45) is 0 Å². The van der Waals surface area contributed by atoms with Gasteiger partial charge in [0.15, 0.2) is 5.43 Å². The number of hydrogen-bond acceptors (Lipinski definition) is 5. The number of halogens is 1. The molecule has 1 aliphatic rings. The summed E-state index contributed by atoms with van der Waals surface area (Å²) >= 11 is 0. The zero-order valence-corrected chi connectivity index (χ0v) is 20.2. The molecule has 3 aromatic heterocycles. The molecule has 1 fully saturated rings. The van der Waals surface area contributed by atoms with Crippen LogP contribution in [0.25, 0.3) is 44.0 Å². The molecule has 9 heteroatoms. The molecule has 36 heavy (non-hydrogen) atoms. The molecular weight excluding hydrogens is 479 g/mol. The van der Waals surface area contributed by atoms with Gasteiger partial charge in [-0.3, -0.25) is 9.78 Å². The fourth-order valence-electron chi connectivity index (χ4n) is 5.55. The Hall–Kier alpha value is -4.03. The normalized spacial score (nSPS) is 14.7. The van der Waals surface area contributed by atoms with Gasteiger partial charge < -0.3 is 9.55 Å². The lowest BCUT2D eigenvalue weighted by molar-refractivity contribution is 0.545. The predicted molar refractivity (Wildman–Crippen MR) is 136 cm³/mol. The number of aromatic amines is 1. The van der Waals surface area contributed by atoms with Gasteiger partial charge >= 0.3 is 10.2 Å². The topological polar surface area (TPSA) is 109 Å². The second kappa shape index (κ2) is 8.00. The van der Waals surface area contributed by atoms with E-state index in [2.05, 4.69) is 20.6 Å². The van der Waals surface area contributed by atoms with Crippen LogP contribution in [0.15, 0.2) is 58.5 Å². The van der Waals surface area contributed by atoms with Crippen LogP contribution >= 0.6 is 0 Å². The van der Waals surface area contributed by atoms with Crippen LogP contribution in [0, 0.1) is 18.3 Å². The highest BCUT2D eigenvalue weighted by molar-refractivity contribution is 7.86. The zero-order valence-electron chi connectivity index (χ0n) is 19.4. The fraction of sp³-hybridized carbons (Fsp3) is 0.222. The van der Waals surface area contributed by atoms with E-state index in [0.717, 1.165) is 53.9 Å². The van der Waals surface area contributed by atoms with Crippen LogP contribution in [0.3, 0.4) is 0 Å². The van der Waals surface area contributed by atoms with Crippen molar-refractivity contribution in [2.75, 3.05) is 0 Å². The van der Waals surface area contributed by atoms with Crippen molar-refractivity contribution in [1.29, 1.82) is 5.26 Å². The van der Waals surface area contributed by atoms with E-state index < -0.39 is 15.1 Å². The third kappa shape index (κ3) is 3.40. The summed E-state index contributed by atoms with van der Waals surface area (Å²) in [7, 11) is -4.91. The Kier molecular flexibility index (Phi) is 4.99. The van der Waals surface area contributed by atoms with E-state index in [0.29, 0.717) is 33.1 Å². The molecule has 0 atom stereocenters. The van der Waals surface area contributed by atoms with E-state index in [1.807, 2.05) is 25.1 Å². The Bertz CT molecular complexity index is 1930. The van der Waals surface area contributed by atoms with Gasteiger partial charge in [-0.25, -0.2) is 0 Å². The number of aromatic nitrogens is 3. The largest absolute Gasteiger partial charge is 0.340 e. The van der Waals surface area contributed by atoms with Crippen molar-refractivity contribution >= 4 is 43.1 Å². The maximum Gasteiger partial charge on any atom is 0.333 e. The number of hydrogen-bond donors (Lipinski definition) is 1. The number of nitrogens with zero attached hydrogens (tertiary/aromatic N) is 3. The Labute approximate surface area is 206 Å². The van der Waals surface area contributed by atoms with Crippen molar-refractivity contribution in [3.63, 3.8) is 0 Å². The van der Waals surface area contributed by atoms with Gasteiger partial charge in [-0.15, -0.1) is 3.89 Å². The number of aryl methyl sites for hydroxylation is 1. The smallest absolute Gasteiger partial charge is 0.333 e. The second-order valence-electron chi connectivity index (χ2n) is 9.39. The van der Waals surface area contributed by atoms with Gasteiger partial charge in [0.05, 0.1) is 22.5 Å². The minimum absolute atomic E-state index is 0.113. The lowest BCUT2D eigenvalue weighted by Gasteiger charge is -2.21. The monoisotopic (exact) mass is 500 g/mol. The lowest BCUT2D eigenvalue weighted by atomic mass is 9.97. The summed E-state index contributed by atoms with van der Waals surface area (Å²) in [6.45, 7) is 1.84. The maximum atomic E-state index is 13.8. The van der Waals surface area contributed by atoms with E-state index in [1.54, 1.807) is 12.1 Å². The van der Waals surface area contributed by atoms with E-state index in [1.165, 1.54) is 12.3 Å². The van der Waals surface area contributed by atoms with E-state index in [-0.39, 0.29) is 11.5 Å². The van der Waals surface area contributed by atoms with E-state index in [4.69, 9.17) is 0 Å². The molecule has 0 spiro atoms. The first-order valence-corrected chi connectivity index (χ1v) is 13.1. The molecule has 2 aromatic carbocycles. The number of fused-ring (bicyclic) bond motifs is 4. The van der Waals surface area contributed by atoms with Crippen LogP contribution in [0.5, 0.6) is 0 Å². The first-order valence-electron chi connectivity index (χ1n) is 11.7. The van der Waals surface area contributed by atoms with Gasteiger partial charge in [0.1, 0.15) is 10.5 Å². The van der Waals surface area contributed by atoms with E-state index in [9.17, 15) is 22.4 Å². The molecule has 0 unspecified atom stereocenters. The van der Waals surface area contributed by atoms with Gasteiger partial charge in [-0.05, 0) is 61.2 Å². The van der Waals surface area contributed by atoms with Crippen LogP contribution in [0.2, 0.25) is 0 Å². The summed E-state index contributed by atoms with van der Waals surface area (Å²) in [5.74, 6) is 0. The first-order chi connectivity index (χ1) is 17.3. The Balaban J connectivity index is 1.73. The average Bonchev–Trinajstić information content (AvgIpc) is 3.52. The first kappa shape index (κ1) is 22.4. The SMILES string of the molecule is Cc1cc2c(=O)c3c4ccc(C#N)cc4[nH]c3n(C3CCCC3)c2cc1-c1cncc(S(=O)(=O)F)c1. The number of rotatable bonds is 3. The van der Waals surface area contributed by atoms with E-state index >= 15 is 0 Å². The number of nitrogens with one attached hydrogen (secondary N) is 1. The second-order valence-corrected chi connectivity index (χ2v) is 10.7. The minimum atomic E-state index is -4.91. The maximum absolute atomic E-state index is 13.8. The number of nitriles is 1. The van der Waals surface area contributed by atoms with Crippen LogP contribution in [0.4, 0.5) is 3.89 Å². The van der Waals surface area contributed by atoms with Crippen molar-refractivity contribution in [1.82, 2.24) is 14.5 Å². The standard InChI is InChI=1S/C27H21FN4O3S/c1-15-8-22-24(11-21(15)17-10-19(14-30-13-17)36(28,34)35)32(18-4-2-3-5-18)27-25(26(22)33)20-7-6-16(12-29)9-23(20)31-27/h6-11,13-14,18,31H,2-5H2,1H3. The lowest BCUT2D eigenvalue weighted by Crippen LogP contribution is -2.15. The molecule has 1 N–H and O–H groups in total. The molecular formula is C27H21FN4O3S. The predicted octanol–water partition coefficient (Wildman–Crippen LogP) is 5.65. The summed E-state index contributed by atoms with van der Waals surface area (Å²) in [4.78, 5) is 20.7. The molecule has 180 valence electrons. The Morgan fingerprint density at radius 3 is 2.61 bits per heavy atom. The molecule has 0 amide bonds. The van der Waals surface area contributed by atoms with Gasteiger partial charge in [0.25, 0.3) is 0 Å². The molecule has 5 aromatic rings. The van der Waals surface area contributed by atoms with Crippen molar-refractivity contribution in [2.45, 2.75) is 43.5 Å². The van der Waals surface area contributed by atoms with Crippen molar-refractivity contribution < 1.29 is 12.3 Å². The highest BCUT2D eigenvalue weighted by Crippen LogP contribution is 2.38. The Morgan fingerprint density at radius 2 is 1.89 bits per heavy atom. The number of benzene rings is 2. The number of pyridine rings is 2. The third-order valence-electron chi connectivity index (χ3n) is 7.22. The van der Waals surface area contributed by atoms with Crippen molar-refractivity contribution in [3.8, 4) is 17.2 Å². The summed E-state index contributed by atoms with van der Waals surface area (Å²) in [5.41, 5.74) is 4.43.